The lowest BCUT2D eigenvalue weighted by atomic mass is 9.66. The molecule has 2 heteroatoms. The summed E-state index contributed by atoms with van der Waals surface area (Å²) in [5, 5.41) is 3.39. The van der Waals surface area contributed by atoms with Crippen LogP contribution in [-0.2, 0) is 0 Å². The number of furan rings is 1. The summed E-state index contributed by atoms with van der Waals surface area (Å²) in [6, 6.07) is 4.76. The van der Waals surface area contributed by atoms with Crippen molar-refractivity contribution in [1.29, 1.82) is 0 Å². The Balaban J connectivity index is 2.19. The summed E-state index contributed by atoms with van der Waals surface area (Å²) in [6.45, 7) is 4.71. The van der Waals surface area contributed by atoms with E-state index in [4.69, 9.17) is 4.42 Å². The molecule has 0 bridgehead atoms. The summed E-state index contributed by atoms with van der Waals surface area (Å²) in [4.78, 5) is 0. The molecule has 2 unspecified atom stereocenters. The standard InChI is InChI=1S/C13H21NO/c1-13(2)7-6-10(14-3)9-11(13)12-5-4-8-15-12/h4-5,8,10-11,14H,6-7,9H2,1-3H3. The predicted octanol–water partition coefficient (Wildman–Crippen LogP) is 3.16. The van der Waals surface area contributed by atoms with Crippen molar-refractivity contribution in [3.05, 3.63) is 24.2 Å². The van der Waals surface area contributed by atoms with Gasteiger partial charge in [-0.05, 0) is 43.9 Å². The highest BCUT2D eigenvalue weighted by molar-refractivity contribution is 5.12. The molecule has 0 aromatic carbocycles. The largest absolute Gasteiger partial charge is 0.469 e. The first kappa shape index (κ1) is 10.7. The average molecular weight is 207 g/mol. The number of hydrogen-bond acceptors (Lipinski definition) is 2. The van der Waals surface area contributed by atoms with E-state index in [2.05, 4.69) is 32.3 Å². The lowest BCUT2D eigenvalue weighted by Crippen LogP contribution is -2.38. The molecule has 2 rings (SSSR count). The minimum Gasteiger partial charge on any atom is -0.469 e. The molecule has 84 valence electrons. The fourth-order valence-corrected chi connectivity index (χ4v) is 2.69. The minimum absolute atomic E-state index is 0.366. The average Bonchev–Trinajstić information content (AvgIpc) is 2.70. The molecule has 2 atom stereocenters. The molecule has 15 heavy (non-hydrogen) atoms. The lowest BCUT2D eigenvalue weighted by molar-refractivity contribution is 0.153. The molecule has 1 aromatic heterocycles. The number of hydrogen-bond donors (Lipinski definition) is 1. The quantitative estimate of drug-likeness (QED) is 0.806. The third-order valence-electron chi connectivity index (χ3n) is 3.90. The zero-order valence-corrected chi connectivity index (χ0v) is 9.92. The van der Waals surface area contributed by atoms with Crippen molar-refractivity contribution in [3.8, 4) is 0 Å². The highest BCUT2D eigenvalue weighted by Gasteiger charge is 2.38. The van der Waals surface area contributed by atoms with Gasteiger partial charge in [-0.3, -0.25) is 0 Å². The Bertz CT molecular complexity index is 302. The van der Waals surface area contributed by atoms with Crippen LogP contribution in [0.2, 0.25) is 0 Å². The van der Waals surface area contributed by atoms with Crippen molar-refractivity contribution in [2.75, 3.05) is 7.05 Å². The second kappa shape index (κ2) is 4.01. The van der Waals surface area contributed by atoms with Crippen LogP contribution < -0.4 is 5.32 Å². The van der Waals surface area contributed by atoms with E-state index in [1.807, 2.05) is 6.07 Å². The Labute approximate surface area is 92.1 Å². The summed E-state index contributed by atoms with van der Waals surface area (Å²) in [6.07, 6.45) is 5.52. The minimum atomic E-state index is 0.366. The van der Waals surface area contributed by atoms with Crippen molar-refractivity contribution in [3.63, 3.8) is 0 Å². The van der Waals surface area contributed by atoms with Crippen molar-refractivity contribution in [1.82, 2.24) is 5.32 Å². The van der Waals surface area contributed by atoms with Crippen molar-refractivity contribution in [2.45, 2.75) is 45.1 Å². The molecule has 1 aliphatic rings. The highest BCUT2D eigenvalue weighted by atomic mass is 16.3. The maximum Gasteiger partial charge on any atom is 0.107 e. The molecule has 1 heterocycles. The van der Waals surface area contributed by atoms with Crippen molar-refractivity contribution < 1.29 is 4.42 Å². The maximum atomic E-state index is 5.57. The topological polar surface area (TPSA) is 25.2 Å². The van der Waals surface area contributed by atoms with Gasteiger partial charge >= 0.3 is 0 Å². The van der Waals surface area contributed by atoms with Gasteiger partial charge in [0, 0.05) is 12.0 Å². The van der Waals surface area contributed by atoms with Crippen LogP contribution in [0.5, 0.6) is 0 Å². The maximum absolute atomic E-state index is 5.57. The van der Waals surface area contributed by atoms with E-state index in [0.717, 1.165) is 5.76 Å². The summed E-state index contributed by atoms with van der Waals surface area (Å²) < 4.78 is 5.57. The lowest BCUT2D eigenvalue weighted by Gasteiger charge is -2.41. The SMILES string of the molecule is CNC1CCC(C)(C)C(c2ccco2)C1. The van der Waals surface area contributed by atoms with Crippen LogP contribution in [0.15, 0.2) is 22.8 Å². The molecule has 1 saturated carbocycles. The molecule has 2 nitrogen and oxygen atoms in total. The third kappa shape index (κ3) is 2.10. The van der Waals surface area contributed by atoms with Gasteiger partial charge in [-0.1, -0.05) is 13.8 Å². The van der Waals surface area contributed by atoms with Crippen LogP contribution in [-0.4, -0.2) is 13.1 Å². The van der Waals surface area contributed by atoms with Gasteiger partial charge in [0.25, 0.3) is 0 Å². The van der Waals surface area contributed by atoms with Gasteiger partial charge in [0.1, 0.15) is 5.76 Å². The number of nitrogens with one attached hydrogen (secondary N) is 1. The fourth-order valence-electron chi connectivity index (χ4n) is 2.69. The smallest absolute Gasteiger partial charge is 0.107 e. The second-order valence-corrected chi connectivity index (χ2v) is 5.32. The number of rotatable bonds is 2. The molecular formula is C13H21NO. The van der Waals surface area contributed by atoms with Crippen LogP contribution >= 0.6 is 0 Å². The van der Waals surface area contributed by atoms with E-state index >= 15 is 0 Å². The van der Waals surface area contributed by atoms with Gasteiger partial charge in [0.2, 0.25) is 0 Å². The van der Waals surface area contributed by atoms with Crippen LogP contribution in [0.25, 0.3) is 0 Å². The molecule has 0 aliphatic heterocycles. The Morgan fingerprint density at radius 1 is 1.47 bits per heavy atom. The molecule has 0 radical (unpaired) electrons. The Morgan fingerprint density at radius 3 is 2.87 bits per heavy atom. The summed E-state index contributed by atoms with van der Waals surface area (Å²) in [5.74, 6) is 1.71. The monoisotopic (exact) mass is 207 g/mol. The van der Waals surface area contributed by atoms with E-state index < -0.39 is 0 Å². The van der Waals surface area contributed by atoms with E-state index in [-0.39, 0.29) is 0 Å². The highest BCUT2D eigenvalue weighted by Crippen LogP contribution is 2.46. The zero-order valence-electron chi connectivity index (χ0n) is 9.92. The fraction of sp³-hybridized carbons (Fsp3) is 0.692. The normalized spacial score (nSPS) is 30.3. The Morgan fingerprint density at radius 2 is 2.27 bits per heavy atom. The third-order valence-corrected chi connectivity index (χ3v) is 3.90. The molecular weight excluding hydrogens is 186 g/mol. The van der Waals surface area contributed by atoms with Crippen molar-refractivity contribution >= 4 is 0 Å². The molecule has 1 aromatic rings. The van der Waals surface area contributed by atoms with Crippen LogP contribution in [0.3, 0.4) is 0 Å². The van der Waals surface area contributed by atoms with E-state index in [1.54, 1.807) is 6.26 Å². The van der Waals surface area contributed by atoms with Gasteiger partial charge in [-0.15, -0.1) is 0 Å². The van der Waals surface area contributed by atoms with Crippen LogP contribution in [0.4, 0.5) is 0 Å². The summed E-state index contributed by atoms with van der Waals surface area (Å²) in [5.41, 5.74) is 0.366. The van der Waals surface area contributed by atoms with Gasteiger partial charge in [0.05, 0.1) is 6.26 Å². The zero-order chi connectivity index (χ0) is 10.9. The van der Waals surface area contributed by atoms with Gasteiger partial charge in [0.15, 0.2) is 0 Å². The van der Waals surface area contributed by atoms with Gasteiger partial charge in [-0.25, -0.2) is 0 Å². The molecule has 1 fully saturated rings. The molecule has 0 amide bonds. The first-order valence-corrected chi connectivity index (χ1v) is 5.84. The van der Waals surface area contributed by atoms with Crippen molar-refractivity contribution in [2.24, 2.45) is 5.41 Å². The molecule has 0 spiro atoms. The first-order chi connectivity index (χ1) is 7.13. The summed E-state index contributed by atoms with van der Waals surface area (Å²) in [7, 11) is 2.06. The van der Waals surface area contributed by atoms with E-state index in [9.17, 15) is 0 Å². The first-order valence-electron chi connectivity index (χ1n) is 5.84. The molecule has 1 N–H and O–H groups in total. The molecule has 0 saturated heterocycles. The second-order valence-electron chi connectivity index (χ2n) is 5.32. The van der Waals surface area contributed by atoms with Gasteiger partial charge in [-0.2, -0.15) is 0 Å². The van der Waals surface area contributed by atoms with E-state index in [0.29, 0.717) is 17.4 Å². The summed E-state index contributed by atoms with van der Waals surface area (Å²) >= 11 is 0. The van der Waals surface area contributed by atoms with Crippen LogP contribution in [0.1, 0.15) is 44.8 Å². The predicted molar refractivity (Wildman–Crippen MR) is 61.9 cm³/mol. The Kier molecular flexibility index (Phi) is 2.87. The van der Waals surface area contributed by atoms with Gasteiger partial charge < -0.3 is 9.73 Å². The Hall–Kier alpha value is -0.760. The van der Waals surface area contributed by atoms with E-state index in [1.165, 1.54) is 19.3 Å². The molecule has 1 aliphatic carbocycles. The van der Waals surface area contributed by atoms with Crippen LogP contribution in [0, 0.1) is 5.41 Å².